The van der Waals surface area contributed by atoms with Crippen LogP contribution in [0.15, 0.2) is 4.79 Å². The molecule has 5 nitrogen and oxygen atoms in total. The molecule has 0 amide bonds. The van der Waals surface area contributed by atoms with E-state index in [1.54, 1.807) is 0 Å². The minimum atomic E-state index is -0.223. The topological polar surface area (TPSA) is 69.2 Å². The molecule has 2 N–H and O–H groups in total. The number of nitrogens with one attached hydrogen (secondary N) is 1. The summed E-state index contributed by atoms with van der Waals surface area (Å²) in [5.41, 5.74) is 0.138. The molecule has 6 heteroatoms. The lowest BCUT2D eigenvalue weighted by Gasteiger charge is -2.31. The largest absolute Gasteiger partial charge is 0.493 e. The molecule has 0 saturated carbocycles. The van der Waals surface area contributed by atoms with E-state index >= 15 is 0 Å². The Labute approximate surface area is 104 Å². The molecule has 17 heavy (non-hydrogen) atoms. The summed E-state index contributed by atoms with van der Waals surface area (Å²) >= 11 is 1.84. The van der Waals surface area contributed by atoms with Gasteiger partial charge in [0.2, 0.25) is 5.88 Å². The smallest absolute Gasteiger partial charge is 0.257 e. The van der Waals surface area contributed by atoms with E-state index < -0.39 is 0 Å². The first-order chi connectivity index (χ1) is 8.13. The molecule has 1 fully saturated rings. The minimum absolute atomic E-state index is 0.0817. The van der Waals surface area contributed by atoms with E-state index in [2.05, 4.69) is 14.9 Å². The van der Waals surface area contributed by atoms with Crippen LogP contribution in [0.5, 0.6) is 5.88 Å². The van der Waals surface area contributed by atoms with E-state index in [0.29, 0.717) is 17.8 Å². The number of nitrogens with zero attached hydrogens (tertiary/aromatic N) is 2. The molecule has 1 atom stereocenters. The molecule has 0 radical (unpaired) electrons. The van der Waals surface area contributed by atoms with Gasteiger partial charge in [0, 0.05) is 18.1 Å². The summed E-state index contributed by atoms with van der Waals surface area (Å²) in [7, 11) is 2.01. The van der Waals surface area contributed by atoms with Crippen LogP contribution in [0.2, 0.25) is 0 Å². The van der Waals surface area contributed by atoms with Crippen molar-refractivity contribution in [3.63, 3.8) is 0 Å². The molecule has 1 aliphatic heterocycles. The summed E-state index contributed by atoms with van der Waals surface area (Å²) in [6.07, 6.45) is 0.490. The number of aromatic amines is 1. The maximum absolute atomic E-state index is 11.8. The van der Waals surface area contributed by atoms with Gasteiger partial charge in [-0.3, -0.25) is 9.69 Å². The molecule has 0 bridgehead atoms. The molecule has 0 aromatic carbocycles. The van der Waals surface area contributed by atoms with Crippen molar-refractivity contribution in [3.8, 4) is 5.88 Å². The Morgan fingerprint density at radius 3 is 3.00 bits per heavy atom. The fourth-order valence-corrected chi connectivity index (χ4v) is 3.17. The lowest BCUT2D eigenvalue weighted by molar-refractivity contribution is 0.261. The Kier molecular flexibility index (Phi) is 3.73. The third-order valence-corrected chi connectivity index (χ3v) is 4.10. The van der Waals surface area contributed by atoms with E-state index in [1.165, 1.54) is 0 Å². The first kappa shape index (κ1) is 12.4. The lowest BCUT2D eigenvalue weighted by Crippen LogP contribution is -2.35. The van der Waals surface area contributed by atoms with Crippen molar-refractivity contribution >= 4 is 11.8 Å². The number of hydrogen-bond donors (Lipinski definition) is 2. The van der Waals surface area contributed by atoms with E-state index in [1.807, 2.05) is 25.7 Å². The quantitative estimate of drug-likeness (QED) is 0.816. The molecular formula is C11H17N3O2S. The van der Waals surface area contributed by atoms with Gasteiger partial charge in [-0.1, -0.05) is 6.92 Å². The molecule has 0 aliphatic carbocycles. The van der Waals surface area contributed by atoms with Crippen LogP contribution in [-0.2, 0) is 6.42 Å². The Hall–Kier alpha value is -1.01. The SMILES string of the molecule is CCc1c(O)nc(C2CSCCN2C)[nH]c1=O. The van der Waals surface area contributed by atoms with Crippen LogP contribution in [-0.4, -0.2) is 45.1 Å². The lowest BCUT2D eigenvalue weighted by atomic mass is 10.2. The fraction of sp³-hybridized carbons (Fsp3) is 0.636. The monoisotopic (exact) mass is 255 g/mol. The number of aromatic nitrogens is 2. The highest BCUT2D eigenvalue weighted by Crippen LogP contribution is 2.26. The maximum Gasteiger partial charge on any atom is 0.257 e. The van der Waals surface area contributed by atoms with Crippen molar-refractivity contribution < 1.29 is 5.11 Å². The van der Waals surface area contributed by atoms with Gasteiger partial charge in [-0.2, -0.15) is 16.7 Å². The van der Waals surface area contributed by atoms with E-state index in [4.69, 9.17) is 0 Å². The summed E-state index contributed by atoms with van der Waals surface area (Å²) in [5.74, 6) is 2.43. The summed E-state index contributed by atoms with van der Waals surface area (Å²) in [4.78, 5) is 20.8. The summed E-state index contributed by atoms with van der Waals surface area (Å²) in [6, 6.07) is 0.0817. The second kappa shape index (κ2) is 5.10. The Balaban J connectivity index is 2.36. The van der Waals surface area contributed by atoms with Gasteiger partial charge in [0.1, 0.15) is 5.82 Å². The molecule has 94 valence electrons. The second-order valence-corrected chi connectivity index (χ2v) is 5.33. The zero-order valence-corrected chi connectivity index (χ0v) is 10.9. The van der Waals surface area contributed by atoms with E-state index in [9.17, 15) is 9.90 Å². The predicted molar refractivity (Wildman–Crippen MR) is 68.6 cm³/mol. The van der Waals surface area contributed by atoms with Crippen molar-refractivity contribution in [1.29, 1.82) is 0 Å². The van der Waals surface area contributed by atoms with Gasteiger partial charge in [0.05, 0.1) is 11.6 Å². The molecule has 2 rings (SSSR count). The molecule has 1 unspecified atom stereocenters. The number of H-pyrrole nitrogens is 1. The highest BCUT2D eigenvalue weighted by atomic mass is 32.2. The Morgan fingerprint density at radius 1 is 1.65 bits per heavy atom. The van der Waals surface area contributed by atoms with Crippen LogP contribution in [0.3, 0.4) is 0 Å². The van der Waals surface area contributed by atoms with Crippen molar-refractivity contribution in [2.45, 2.75) is 19.4 Å². The summed E-state index contributed by atoms with van der Waals surface area (Å²) < 4.78 is 0. The standard InChI is InChI=1S/C11H17N3O2S/c1-3-7-10(15)12-9(13-11(7)16)8-6-17-5-4-14(8)2/h8H,3-6H2,1-2H3,(H2,12,13,15,16). The third-order valence-electron chi connectivity index (χ3n) is 3.08. The minimum Gasteiger partial charge on any atom is -0.493 e. The number of thioether (sulfide) groups is 1. The van der Waals surface area contributed by atoms with Gasteiger partial charge < -0.3 is 10.1 Å². The highest BCUT2D eigenvalue weighted by Gasteiger charge is 2.24. The van der Waals surface area contributed by atoms with Crippen molar-refractivity contribution in [3.05, 3.63) is 21.7 Å². The zero-order chi connectivity index (χ0) is 12.4. The molecular weight excluding hydrogens is 238 g/mol. The Bertz CT molecular complexity index is 461. The van der Waals surface area contributed by atoms with Crippen LogP contribution in [0.1, 0.15) is 24.4 Å². The Morgan fingerprint density at radius 2 is 2.41 bits per heavy atom. The van der Waals surface area contributed by atoms with Crippen LogP contribution in [0.4, 0.5) is 0 Å². The predicted octanol–water partition coefficient (Wildman–Crippen LogP) is 0.758. The van der Waals surface area contributed by atoms with Gasteiger partial charge >= 0.3 is 0 Å². The summed E-state index contributed by atoms with van der Waals surface area (Å²) in [6.45, 7) is 2.80. The first-order valence-corrected chi connectivity index (χ1v) is 6.89. The molecule has 1 aliphatic rings. The third kappa shape index (κ3) is 2.47. The summed E-state index contributed by atoms with van der Waals surface area (Å²) in [5, 5.41) is 9.73. The van der Waals surface area contributed by atoms with Crippen molar-refractivity contribution in [2.24, 2.45) is 0 Å². The van der Waals surface area contributed by atoms with E-state index in [-0.39, 0.29) is 17.5 Å². The second-order valence-electron chi connectivity index (χ2n) is 4.18. The van der Waals surface area contributed by atoms with Gasteiger partial charge in [0.25, 0.3) is 5.56 Å². The van der Waals surface area contributed by atoms with Crippen LogP contribution in [0.25, 0.3) is 0 Å². The molecule has 1 aromatic heterocycles. The fourth-order valence-electron chi connectivity index (χ4n) is 1.95. The average Bonchev–Trinajstić information content (AvgIpc) is 2.29. The highest BCUT2D eigenvalue weighted by molar-refractivity contribution is 7.99. The van der Waals surface area contributed by atoms with Gasteiger partial charge in [-0.15, -0.1) is 0 Å². The van der Waals surface area contributed by atoms with Crippen molar-refractivity contribution in [1.82, 2.24) is 14.9 Å². The number of aromatic hydroxyl groups is 1. The van der Waals surface area contributed by atoms with E-state index in [0.717, 1.165) is 18.1 Å². The molecule has 0 spiro atoms. The van der Waals surface area contributed by atoms with Crippen LogP contribution < -0.4 is 5.56 Å². The molecule has 1 aromatic rings. The first-order valence-electron chi connectivity index (χ1n) is 5.73. The van der Waals surface area contributed by atoms with Crippen LogP contribution >= 0.6 is 11.8 Å². The van der Waals surface area contributed by atoms with Gasteiger partial charge in [-0.25, -0.2) is 0 Å². The maximum atomic E-state index is 11.8. The van der Waals surface area contributed by atoms with Crippen molar-refractivity contribution in [2.75, 3.05) is 25.1 Å². The van der Waals surface area contributed by atoms with Crippen LogP contribution in [0, 0.1) is 0 Å². The average molecular weight is 255 g/mol. The van der Waals surface area contributed by atoms with Gasteiger partial charge in [-0.05, 0) is 13.5 Å². The van der Waals surface area contributed by atoms with Gasteiger partial charge in [0.15, 0.2) is 0 Å². The normalized spacial score (nSPS) is 21.6. The number of hydrogen-bond acceptors (Lipinski definition) is 5. The number of rotatable bonds is 2. The zero-order valence-electron chi connectivity index (χ0n) is 10.1. The molecule has 2 heterocycles. The molecule has 1 saturated heterocycles.